The lowest BCUT2D eigenvalue weighted by Crippen LogP contribution is -2.42. The van der Waals surface area contributed by atoms with Gasteiger partial charge in [0, 0.05) is 0 Å². The molecule has 0 atom stereocenters. The van der Waals surface area contributed by atoms with Gasteiger partial charge in [0.15, 0.2) is 5.13 Å². The number of aromatic nitrogens is 1. The Hall–Kier alpha value is -4.04. The third kappa shape index (κ3) is 3.85. The summed E-state index contributed by atoms with van der Waals surface area (Å²) in [6, 6.07) is 21.6. The Morgan fingerprint density at radius 1 is 0.970 bits per heavy atom. The normalized spacial score (nSPS) is 12.8. The van der Waals surface area contributed by atoms with E-state index < -0.39 is 11.8 Å². The Balaban J connectivity index is 1.48. The van der Waals surface area contributed by atoms with Crippen LogP contribution in [0.25, 0.3) is 10.2 Å². The number of anilines is 1. The first-order valence-electron chi connectivity index (χ1n) is 10.3. The molecule has 0 radical (unpaired) electrons. The SMILES string of the molecule is COc1ccc2nc(N(Cc3ccccc3)C(=O)CN3C(=O)c4ccccc4C3=O)sc2c1. The van der Waals surface area contributed by atoms with Gasteiger partial charge in [0.25, 0.3) is 11.8 Å². The van der Waals surface area contributed by atoms with Crippen LogP contribution in [-0.4, -0.2) is 41.3 Å². The number of rotatable bonds is 6. The lowest BCUT2D eigenvalue weighted by Gasteiger charge is -2.22. The Kier molecular flexibility index (Phi) is 5.35. The zero-order chi connectivity index (χ0) is 22.9. The Morgan fingerprint density at radius 3 is 2.30 bits per heavy atom. The summed E-state index contributed by atoms with van der Waals surface area (Å²) in [6.45, 7) is -0.0990. The average molecular weight is 458 g/mol. The summed E-state index contributed by atoms with van der Waals surface area (Å²) >= 11 is 1.35. The van der Waals surface area contributed by atoms with Crippen molar-refractivity contribution in [1.82, 2.24) is 9.88 Å². The molecule has 0 saturated heterocycles. The minimum absolute atomic E-state index is 0.264. The molecule has 8 heteroatoms. The summed E-state index contributed by atoms with van der Waals surface area (Å²) in [5.74, 6) is -0.612. The fraction of sp³-hybridized carbons (Fsp3) is 0.120. The van der Waals surface area contributed by atoms with Gasteiger partial charge >= 0.3 is 0 Å². The van der Waals surface area contributed by atoms with E-state index in [0.717, 1.165) is 20.7 Å². The highest BCUT2D eigenvalue weighted by Crippen LogP contribution is 2.33. The van der Waals surface area contributed by atoms with E-state index in [9.17, 15) is 14.4 Å². The maximum atomic E-state index is 13.5. The van der Waals surface area contributed by atoms with Crippen LogP contribution >= 0.6 is 11.3 Å². The molecular formula is C25H19N3O4S. The quantitative estimate of drug-likeness (QED) is 0.407. The Morgan fingerprint density at radius 2 is 1.64 bits per heavy atom. The smallest absolute Gasteiger partial charge is 0.262 e. The van der Waals surface area contributed by atoms with Crippen molar-refractivity contribution in [2.24, 2.45) is 0 Å². The molecule has 0 unspecified atom stereocenters. The number of amides is 3. The van der Waals surface area contributed by atoms with Gasteiger partial charge in [-0.3, -0.25) is 24.2 Å². The van der Waals surface area contributed by atoms with Gasteiger partial charge in [-0.25, -0.2) is 4.98 Å². The van der Waals surface area contributed by atoms with Crippen molar-refractivity contribution in [1.29, 1.82) is 0 Å². The molecule has 0 aliphatic carbocycles. The molecule has 1 aliphatic rings. The van der Waals surface area contributed by atoms with Gasteiger partial charge in [0.2, 0.25) is 5.91 Å². The van der Waals surface area contributed by atoms with Crippen LogP contribution < -0.4 is 9.64 Å². The second kappa shape index (κ2) is 8.48. The van der Waals surface area contributed by atoms with E-state index in [-0.39, 0.29) is 19.0 Å². The molecule has 1 aliphatic heterocycles. The summed E-state index contributed by atoms with van der Waals surface area (Å²) in [7, 11) is 1.59. The second-order valence-electron chi connectivity index (χ2n) is 7.54. The summed E-state index contributed by atoms with van der Waals surface area (Å²) < 4.78 is 6.17. The molecule has 0 N–H and O–H groups in total. The Labute approximate surface area is 193 Å². The monoisotopic (exact) mass is 457 g/mol. The third-order valence-electron chi connectivity index (χ3n) is 5.47. The van der Waals surface area contributed by atoms with Crippen LogP contribution in [0.5, 0.6) is 5.75 Å². The minimum atomic E-state index is -0.461. The van der Waals surface area contributed by atoms with Crippen molar-refractivity contribution in [2.45, 2.75) is 6.54 Å². The maximum absolute atomic E-state index is 13.5. The lowest BCUT2D eigenvalue weighted by molar-refractivity contribution is -0.119. The van der Waals surface area contributed by atoms with Crippen molar-refractivity contribution < 1.29 is 19.1 Å². The topological polar surface area (TPSA) is 79.8 Å². The van der Waals surface area contributed by atoms with Crippen LogP contribution in [0.2, 0.25) is 0 Å². The lowest BCUT2D eigenvalue weighted by atomic mass is 10.1. The van der Waals surface area contributed by atoms with E-state index in [4.69, 9.17) is 4.74 Å². The van der Waals surface area contributed by atoms with E-state index in [0.29, 0.717) is 22.0 Å². The summed E-state index contributed by atoms with van der Waals surface area (Å²) in [6.07, 6.45) is 0. The molecule has 164 valence electrons. The number of nitrogens with zero attached hydrogens (tertiary/aromatic N) is 3. The predicted molar refractivity (Wildman–Crippen MR) is 126 cm³/mol. The van der Waals surface area contributed by atoms with Crippen molar-refractivity contribution in [3.8, 4) is 5.75 Å². The second-order valence-corrected chi connectivity index (χ2v) is 8.55. The number of fused-ring (bicyclic) bond motifs is 2. The first-order valence-corrected chi connectivity index (χ1v) is 11.1. The number of methoxy groups -OCH3 is 1. The van der Waals surface area contributed by atoms with Crippen LogP contribution in [0, 0.1) is 0 Å². The van der Waals surface area contributed by atoms with E-state index in [1.165, 1.54) is 16.2 Å². The van der Waals surface area contributed by atoms with Crippen LogP contribution in [-0.2, 0) is 11.3 Å². The van der Waals surface area contributed by atoms with Gasteiger partial charge in [-0.1, -0.05) is 53.8 Å². The van der Waals surface area contributed by atoms with E-state index in [1.807, 2.05) is 48.5 Å². The summed E-state index contributed by atoms with van der Waals surface area (Å²) in [5.41, 5.74) is 2.28. The molecule has 4 aromatic rings. The zero-order valence-electron chi connectivity index (χ0n) is 17.7. The molecule has 0 bridgehead atoms. The molecular weight excluding hydrogens is 438 g/mol. The number of carbonyl (C=O) groups is 3. The van der Waals surface area contributed by atoms with Crippen molar-refractivity contribution >= 4 is 44.4 Å². The fourth-order valence-corrected chi connectivity index (χ4v) is 4.78. The highest BCUT2D eigenvalue weighted by atomic mass is 32.1. The predicted octanol–water partition coefficient (Wildman–Crippen LogP) is 4.13. The third-order valence-corrected chi connectivity index (χ3v) is 6.51. The van der Waals surface area contributed by atoms with Crippen LogP contribution in [0.1, 0.15) is 26.3 Å². The van der Waals surface area contributed by atoms with E-state index in [1.54, 1.807) is 31.4 Å². The molecule has 1 aromatic heterocycles. The van der Waals surface area contributed by atoms with Gasteiger partial charge < -0.3 is 4.74 Å². The van der Waals surface area contributed by atoms with Crippen LogP contribution in [0.4, 0.5) is 5.13 Å². The molecule has 33 heavy (non-hydrogen) atoms. The van der Waals surface area contributed by atoms with Crippen molar-refractivity contribution in [3.63, 3.8) is 0 Å². The van der Waals surface area contributed by atoms with Gasteiger partial charge in [0.05, 0.1) is 35.0 Å². The fourth-order valence-electron chi connectivity index (χ4n) is 3.77. The first kappa shape index (κ1) is 20.8. The van der Waals surface area contributed by atoms with Gasteiger partial charge in [-0.15, -0.1) is 0 Å². The maximum Gasteiger partial charge on any atom is 0.262 e. The highest BCUT2D eigenvalue weighted by Gasteiger charge is 2.37. The number of benzene rings is 3. The summed E-state index contributed by atoms with van der Waals surface area (Å²) in [5, 5.41) is 0.490. The Bertz CT molecular complexity index is 1350. The van der Waals surface area contributed by atoms with Crippen LogP contribution in [0.15, 0.2) is 72.8 Å². The number of ether oxygens (including phenoxy) is 1. The standard InChI is InChI=1S/C25H19N3O4S/c1-32-17-11-12-20-21(13-17)33-25(26-20)27(14-16-7-3-2-4-8-16)22(29)15-28-23(30)18-9-5-6-10-19(18)24(28)31/h2-13H,14-15H2,1H3. The zero-order valence-corrected chi connectivity index (χ0v) is 18.5. The highest BCUT2D eigenvalue weighted by molar-refractivity contribution is 7.22. The molecule has 0 spiro atoms. The minimum Gasteiger partial charge on any atom is -0.497 e. The van der Waals surface area contributed by atoms with Crippen LogP contribution in [0.3, 0.4) is 0 Å². The van der Waals surface area contributed by atoms with Crippen molar-refractivity contribution in [3.05, 3.63) is 89.5 Å². The van der Waals surface area contributed by atoms with Gasteiger partial charge in [0.1, 0.15) is 12.3 Å². The largest absolute Gasteiger partial charge is 0.497 e. The molecule has 5 rings (SSSR count). The first-order chi connectivity index (χ1) is 16.0. The molecule has 7 nitrogen and oxygen atoms in total. The number of carbonyl (C=O) groups excluding carboxylic acids is 3. The van der Waals surface area contributed by atoms with E-state index in [2.05, 4.69) is 4.98 Å². The molecule has 3 amide bonds. The van der Waals surface area contributed by atoms with E-state index >= 15 is 0 Å². The van der Waals surface area contributed by atoms with Crippen molar-refractivity contribution in [2.75, 3.05) is 18.6 Å². The summed E-state index contributed by atoms with van der Waals surface area (Å²) in [4.78, 5) is 46.2. The van der Waals surface area contributed by atoms with Gasteiger partial charge in [-0.05, 0) is 35.9 Å². The van der Waals surface area contributed by atoms with Gasteiger partial charge in [-0.2, -0.15) is 0 Å². The molecule has 3 aromatic carbocycles. The molecule has 0 saturated carbocycles. The molecule has 2 heterocycles. The number of imide groups is 1. The molecule has 0 fully saturated rings. The average Bonchev–Trinajstić information content (AvgIpc) is 3.37. The number of thiazole rings is 1. The number of hydrogen-bond donors (Lipinski definition) is 0. The number of hydrogen-bond acceptors (Lipinski definition) is 6.